The normalized spacial score (nSPS) is 12.5. The van der Waals surface area contributed by atoms with Crippen molar-refractivity contribution in [3.63, 3.8) is 0 Å². The summed E-state index contributed by atoms with van der Waals surface area (Å²) in [6.45, 7) is 0. The summed E-state index contributed by atoms with van der Waals surface area (Å²) in [5.41, 5.74) is 1.16. The molecule has 0 aliphatic carbocycles. The van der Waals surface area contributed by atoms with Crippen molar-refractivity contribution < 1.29 is 8.78 Å². The Hall–Kier alpha value is -0.450. The molecule has 0 saturated carbocycles. The zero-order valence-corrected chi connectivity index (χ0v) is 13.6. The lowest BCUT2D eigenvalue weighted by Gasteiger charge is -2.13. The smallest absolute Gasteiger partial charge is 0.137 e. The average Bonchev–Trinajstić information content (AvgIpc) is 2.37. The topological polar surface area (TPSA) is 0 Å². The molecule has 2 aromatic carbocycles. The Morgan fingerprint density at radius 3 is 2.47 bits per heavy atom. The van der Waals surface area contributed by atoms with Gasteiger partial charge in [0, 0.05) is 15.4 Å². The number of hydrogen-bond acceptors (Lipinski definition) is 0. The lowest BCUT2D eigenvalue weighted by atomic mass is 10.0. The van der Waals surface area contributed by atoms with Gasteiger partial charge in [0.25, 0.3) is 0 Å². The molecule has 0 nitrogen and oxygen atoms in total. The molecule has 0 amide bonds. The molecule has 0 radical (unpaired) electrons. The summed E-state index contributed by atoms with van der Waals surface area (Å²) >= 11 is 12.5. The second kappa shape index (κ2) is 6.33. The van der Waals surface area contributed by atoms with Crippen LogP contribution in [0.25, 0.3) is 0 Å². The van der Waals surface area contributed by atoms with Gasteiger partial charge in [0.05, 0.1) is 4.47 Å². The van der Waals surface area contributed by atoms with Crippen LogP contribution in [0.3, 0.4) is 0 Å². The van der Waals surface area contributed by atoms with Crippen molar-refractivity contribution in [3.8, 4) is 0 Å². The molecule has 0 aromatic heterocycles. The van der Waals surface area contributed by atoms with Crippen LogP contribution in [0.15, 0.2) is 40.9 Å². The molecule has 2 rings (SSSR count). The standard InChI is InChI=1S/C14H9Br2ClF2/c15-10-5-4-8(6-14(10)19)11(16)7-9-12(17)2-1-3-13(9)18/h1-6,11H,7H2. The predicted molar refractivity (Wildman–Crippen MR) is 80.9 cm³/mol. The first-order chi connectivity index (χ1) is 8.99. The molecule has 0 heterocycles. The highest BCUT2D eigenvalue weighted by atomic mass is 79.9. The summed E-state index contributed by atoms with van der Waals surface area (Å²) in [4.78, 5) is -0.204. The van der Waals surface area contributed by atoms with E-state index in [4.69, 9.17) is 11.6 Å². The molecule has 100 valence electrons. The molecule has 1 unspecified atom stereocenters. The van der Waals surface area contributed by atoms with E-state index < -0.39 is 0 Å². The Balaban J connectivity index is 2.25. The van der Waals surface area contributed by atoms with Crippen LogP contribution in [0.2, 0.25) is 5.02 Å². The Labute approximate surface area is 132 Å². The summed E-state index contributed by atoms with van der Waals surface area (Å²) in [7, 11) is 0. The number of benzene rings is 2. The SMILES string of the molecule is Fc1cc(C(Br)Cc2c(F)cccc2Cl)ccc1Br. The third-order valence-electron chi connectivity index (χ3n) is 2.75. The molecule has 5 heteroatoms. The average molecular weight is 410 g/mol. The van der Waals surface area contributed by atoms with Crippen molar-refractivity contribution in [2.75, 3.05) is 0 Å². The first kappa shape index (κ1) is 14.9. The summed E-state index contributed by atoms with van der Waals surface area (Å²) in [5.74, 6) is -0.698. The largest absolute Gasteiger partial charge is 0.207 e. The van der Waals surface area contributed by atoms with Gasteiger partial charge in [0.2, 0.25) is 0 Å². The fraction of sp³-hybridized carbons (Fsp3) is 0.143. The van der Waals surface area contributed by atoms with Crippen molar-refractivity contribution in [2.24, 2.45) is 0 Å². The molecule has 0 aliphatic heterocycles. The summed E-state index contributed by atoms with van der Waals surface area (Å²) in [5, 5.41) is 0.377. The van der Waals surface area contributed by atoms with Gasteiger partial charge in [-0.25, -0.2) is 8.78 Å². The van der Waals surface area contributed by atoms with E-state index in [2.05, 4.69) is 31.9 Å². The van der Waals surface area contributed by atoms with E-state index in [1.54, 1.807) is 24.3 Å². The fourth-order valence-corrected chi connectivity index (χ4v) is 2.83. The monoisotopic (exact) mass is 408 g/mol. The van der Waals surface area contributed by atoms with Gasteiger partial charge in [-0.3, -0.25) is 0 Å². The van der Waals surface area contributed by atoms with E-state index in [0.717, 1.165) is 5.56 Å². The molecule has 0 spiro atoms. The van der Waals surface area contributed by atoms with Crippen molar-refractivity contribution in [1.29, 1.82) is 0 Å². The van der Waals surface area contributed by atoms with Gasteiger partial charge >= 0.3 is 0 Å². The summed E-state index contributed by atoms with van der Waals surface area (Å²) in [6, 6.07) is 9.39. The predicted octanol–water partition coefficient (Wildman–Crippen LogP) is 6.06. The molecular weight excluding hydrogens is 401 g/mol. The number of rotatable bonds is 3. The lowest BCUT2D eigenvalue weighted by Crippen LogP contribution is -1.99. The zero-order chi connectivity index (χ0) is 14.0. The minimum Gasteiger partial charge on any atom is -0.207 e. The molecule has 1 atom stereocenters. The van der Waals surface area contributed by atoms with E-state index in [1.807, 2.05) is 0 Å². The Kier molecular flexibility index (Phi) is 4.98. The molecule has 0 saturated heterocycles. The fourth-order valence-electron chi connectivity index (χ4n) is 1.73. The molecule has 0 fully saturated rings. The summed E-state index contributed by atoms with van der Waals surface area (Å²) < 4.78 is 27.6. The lowest BCUT2D eigenvalue weighted by molar-refractivity contribution is 0.606. The van der Waals surface area contributed by atoms with Gasteiger partial charge in [-0.1, -0.05) is 39.7 Å². The highest BCUT2D eigenvalue weighted by Gasteiger charge is 2.15. The van der Waals surface area contributed by atoms with Crippen molar-refractivity contribution in [1.82, 2.24) is 0 Å². The van der Waals surface area contributed by atoms with E-state index in [9.17, 15) is 8.78 Å². The number of halogens is 5. The van der Waals surface area contributed by atoms with Crippen molar-refractivity contribution in [3.05, 3.63) is 68.7 Å². The first-order valence-electron chi connectivity index (χ1n) is 5.51. The second-order valence-corrected chi connectivity index (χ2v) is 6.41. The van der Waals surface area contributed by atoms with E-state index in [-0.39, 0.29) is 16.5 Å². The van der Waals surface area contributed by atoms with Crippen LogP contribution in [0.4, 0.5) is 8.78 Å². The summed E-state index contributed by atoms with van der Waals surface area (Å²) in [6.07, 6.45) is 0.354. The third-order valence-corrected chi connectivity index (χ3v) is 4.60. The number of hydrogen-bond donors (Lipinski definition) is 0. The second-order valence-electron chi connectivity index (χ2n) is 4.05. The van der Waals surface area contributed by atoms with Crippen molar-refractivity contribution >= 4 is 43.5 Å². The molecular formula is C14H9Br2ClF2. The first-order valence-corrected chi connectivity index (χ1v) is 7.59. The number of alkyl halides is 1. The van der Waals surface area contributed by atoms with Crippen LogP contribution in [-0.2, 0) is 6.42 Å². The van der Waals surface area contributed by atoms with Gasteiger partial charge in [-0.05, 0) is 52.2 Å². The maximum absolute atomic E-state index is 13.7. The van der Waals surface area contributed by atoms with Crippen LogP contribution in [0.5, 0.6) is 0 Å². The van der Waals surface area contributed by atoms with Crippen molar-refractivity contribution in [2.45, 2.75) is 11.2 Å². The Morgan fingerprint density at radius 1 is 1.11 bits per heavy atom. The van der Waals surface area contributed by atoms with Crippen LogP contribution in [0, 0.1) is 11.6 Å². The minimum atomic E-state index is -0.352. The maximum atomic E-state index is 13.7. The Morgan fingerprint density at radius 2 is 1.84 bits per heavy atom. The van der Waals surface area contributed by atoms with E-state index >= 15 is 0 Å². The highest BCUT2D eigenvalue weighted by Crippen LogP contribution is 2.32. The minimum absolute atomic E-state index is 0.204. The maximum Gasteiger partial charge on any atom is 0.137 e. The molecule has 0 aliphatic rings. The van der Waals surface area contributed by atoms with Crippen LogP contribution in [-0.4, -0.2) is 0 Å². The quantitative estimate of drug-likeness (QED) is 0.540. The molecule has 0 N–H and O–H groups in total. The Bertz CT molecular complexity index is 582. The molecule has 19 heavy (non-hydrogen) atoms. The molecule has 2 aromatic rings. The van der Waals surface area contributed by atoms with Crippen LogP contribution >= 0.6 is 43.5 Å². The van der Waals surface area contributed by atoms with Gasteiger partial charge in [0.1, 0.15) is 11.6 Å². The van der Waals surface area contributed by atoms with Gasteiger partial charge in [0.15, 0.2) is 0 Å². The van der Waals surface area contributed by atoms with Gasteiger partial charge in [-0.2, -0.15) is 0 Å². The third kappa shape index (κ3) is 3.56. The molecule has 0 bridgehead atoms. The van der Waals surface area contributed by atoms with Gasteiger partial charge in [-0.15, -0.1) is 0 Å². The van der Waals surface area contributed by atoms with E-state index in [0.29, 0.717) is 21.5 Å². The van der Waals surface area contributed by atoms with E-state index in [1.165, 1.54) is 12.1 Å². The zero-order valence-electron chi connectivity index (χ0n) is 9.64. The van der Waals surface area contributed by atoms with Gasteiger partial charge < -0.3 is 0 Å². The van der Waals surface area contributed by atoms with Crippen LogP contribution in [0.1, 0.15) is 16.0 Å². The highest BCUT2D eigenvalue weighted by molar-refractivity contribution is 9.10. The van der Waals surface area contributed by atoms with Crippen LogP contribution < -0.4 is 0 Å².